The molecule has 1 saturated heterocycles. The zero-order chi connectivity index (χ0) is 13.1. The average molecular weight is 248 g/mol. The number of phenols is 1. The molecule has 2 atom stereocenters. The van der Waals surface area contributed by atoms with Gasteiger partial charge in [-0.25, -0.2) is 0 Å². The maximum atomic E-state index is 9.60. The Labute approximate surface area is 110 Å². The highest BCUT2D eigenvalue weighted by Gasteiger charge is 2.24. The molecule has 0 radical (unpaired) electrons. The first kappa shape index (κ1) is 13.4. The highest BCUT2D eigenvalue weighted by Crippen LogP contribution is 2.26. The second-order valence-electron chi connectivity index (χ2n) is 5.47. The van der Waals surface area contributed by atoms with Crippen molar-refractivity contribution in [2.24, 2.45) is 0 Å². The smallest absolute Gasteiger partial charge is 0.115 e. The summed E-state index contributed by atoms with van der Waals surface area (Å²) in [6, 6.07) is 8.55. The molecule has 3 heteroatoms. The van der Waals surface area contributed by atoms with Gasteiger partial charge in [0.25, 0.3) is 0 Å². The molecule has 1 fully saturated rings. The molecule has 100 valence electrons. The van der Waals surface area contributed by atoms with E-state index in [9.17, 15) is 5.11 Å². The lowest BCUT2D eigenvalue weighted by Gasteiger charge is -2.33. The fraction of sp³-hybridized carbons (Fsp3) is 0.600. The van der Waals surface area contributed by atoms with Crippen LogP contribution in [-0.2, 0) is 0 Å². The second kappa shape index (κ2) is 5.72. The summed E-state index contributed by atoms with van der Waals surface area (Å²) in [4.78, 5) is 4.94. The molecule has 2 unspecified atom stereocenters. The Bertz CT molecular complexity index is 394. The fourth-order valence-corrected chi connectivity index (χ4v) is 2.94. The summed E-state index contributed by atoms with van der Waals surface area (Å²) in [5.74, 6) is 0.360. The Kier molecular flexibility index (Phi) is 4.25. The van der Waals surface area contributed by atoms with Crippen molar-refractivity contribution in [3.8, 4) is 5.75 Å². The predicted molar refractivity (Wildman–Crippen MR) is 74.8 cm³/mol. The molecule has 1 aliphatic heterocycles. The van der Waals surface area contributed by atoms with Crippen molar-refractivity contribution in [2.45, 2.75) is 32.4 Å². The van der Waals surface area contributed by atoms with Gasteiger partial charge in [-0.15, -0.1) is 0 Å². The predicted octanol–water partition coefficient (Wildman–Crippen LogP) is 2.48. The normalized spacial score (nSPS) is 24.7. The fourth-order valence-electron chi connectivity index (χ4n) is 2.94. The molecular weight excluding hydrogens is 224 g/mol. The molecule has 2 rings (SSSR count). The van der Waals surface area contributed by atoms with Crippen molar-refractivity contribution in [3.63, 3.8) is 0 Å². The van der Waals surface area contributed by atoms with Crippen LogP contribution >= 0.6 is 0 Å². The van der Waals surface area contributed by atoms with Gasteiger partial charge in [0.1, 0.15) is 5.75 Å². The summed E-state index contributed by atoms with van der Waals surface area (Å²) in [6.45, 7) is 7.94. The summed E-state index contributed by atoms with van der Waals surface area (Å²) >= 11 is 0. The lowest BCUT2D eigenvalue weighted by molar-refractivity contribution is 0.152. The minimum absolute atomic E-state index is 0.360. The molecule has 1 aromatic rings. The Morgan fingerprint density at radius 2 is 2.11 bits per heavy atom. The van der Waals surface area contributed by atoms with Crippen molar-refractivity contribution in [2.75, 3.05) is 26.7 Å². The van der Waals surface area contributed by atoms with E-state index in [2.05, 4.69) is 36.8 Å². The van der Waals surface area contributed by atoms with Crippen LogP contribution in [-0.4, -0.2) is 47.6 Å². The van der Waals surface area contributed by atoms with Gasteiger partial charge in [-0.3, -0.25) is 4.90 Å². The summed E-state index contributed by atoms with van der Waals surface area (Å²) in [5.41, 5.74) is 1.20. The van der Waals surface area contributed by atoms with E-state index in [1.807, 2.05) is 12.1 Å². The van der Waals surface area contributed by atoms with E-state index in [1.54, 1.807) is 6.07 Å². The standard InChI is InChI=1S/C15H24N2O/c1-12-11-16(3)8-5-9-17(12)13(2)14-6-4-7-15(18)10-14/h4,6-7,10,12-13,18H,5,8-9,11H2,1-3H3. The quantitative estimate of drug-likeness (QED) is 0.871. The molecule has 0 saturated carbocycles. The van der Waals surface area contributed by atoms with Gasteiger partial charge in [-0.05, 0) is 51.6 Å². The number of aromatic hydroxyl groups is 1. The monoisotopic (exact) mass is 248 g/mol. The lowest BCUT2D eigenvalue weighted by Crippen LogP contribution is -2.39. The highest BCUT2D eigenvalue weighted by atomic mass is 16.3. The SMILES string of the molecule is CC1CN(C)CCCN1C(C)c1cccc(O)c1. The molecule has 0 spiro atoms. The van der Waals surface area contributed by atoms with Crippen molar-refractivity contribution in [3.05, 3.63) is 29.8 Å². The third kappa shape index (κ3) is 3.03. The van der Waals surface area contributed by atoms with E-state index in [4.69, 9.17) is 0 Å². The third-order valence-corrected chi connectivity index (χ3v) is 3.95. The van der Waals surface area contributed by atoms with Crippen molar-refractivity contribution in [1.29, 1.82) is 0 Å². The van der Waals surface area contributed by atoms with Crippen LogP contribution in [0.2, 0.25) is 0 Å². The van der Waals surface area contributed by atoms with Crippen LogP contribution in [0.25, 0.3) is 0 Å². The van der Waals surface area contributed by atoms with Gasteiger partial charge in [0, 0.05) is 25.2 Å². The van der Waals surface area contributed by atoms with E-state index in [1.165, 1.54) is 18.5 Å². The zero-order valence-electron chi connectivity index (χ0n) is 11.6. The summed E-state index contributed by atoms with van der Waals surface area (Å²) in [5, 5.41) is 9.60. The Balaban J connectivity index is 2.14. The number of phenolic OH excluding ortho intramolecular Hbond substituents is 1. The van der Waals surface area contributed by atoms with Gasteiger partial charge in [-0.1, -0.05) is 12.1 Å². The Morgan fingerprint density at radius 3 is 2.83 bits per heavy atom. The first-order valence-corrected chi connectivity index (χ1v) is 6.81. The zero-order valence-corrected chi connectivity index (χ0v) is 11.6. The van der Waals surface area contributed by atoms with Crippen LogP contribution in [0.4, 0.5) is 0 Å². The second-order valence-corrected chi connectivity index (χ2v) is 5.47. The Morgan fingerprint density at radius 1 is 1.33 bits per heavy atom. The number of likely N-dealkylation sites (N-methyl/N-ethyl adjacent to an activating group) is 1. The topological polar surface area (TPSA) is 26.7 Å². The number of hydrogen-bond acceptors (Lipinski definition) is 3. The van der Waals surface area contributed by atoms with Gasteiger partial charge < -0.3 is 10.0 Å². The number of rotatable bonds is 2. The van der Waals surface area contributed by atoms with Gasteiger partial charge in [0.05, 0.1) is 0 Å². The van der Waals surface area contributed by atoms with Crippen molar-refractivity contribution < 1.29 is 5.11 Å². The van der Waals surface area contributed by atoms with Crippen LogP contribution in [0, 0.1) is 0 Å². The largest absolute Gasteiger partial charge is 0.508 e. The minimum Gasteiger partial charge on any atom is -0.508 e. The number of nitrogens with zero attached hydrogens (tertiary/aromatic N) is 2. The Hall–Kier alpha value is -1.06. The molecule has 1 N–H and O–H groups in total. The molecule has 1 aliphatic rings. The first-order valence-electron chi connectivity index (χ1n) is 6.81. The molecule has 0 aromatic heterocycles. The molecule has 0 amide bonds. The molecule has 1 aromatic carbocycles. The summed E-state index contributed by atoms with van der Waals surface area (Å²) in [6.07, 6.45) is 1.21. The van der Waals surface area contributed by atoms with E-state index >= 15 is 0 Å². The van der Waals surface area contributed by atoms with E-state index in [0.29, 0.717) is 17.8 Å². The van der Waals surface area contributed by atoms with Crippen molar-refractivity contribution in [1.82, 2.24) is 9.80 Å². The van der Waals surface area contributed by atoms with Gasteiger partial charge in [0.2, 0.25) is 0 Å². The maximum Gasteiger partial charge on any atom is 0.115 e. The van der Waals surface area contributed by atoms with Gasteiger partial charge in [-0.2, -0.15) is 0 Å². The van der Waals surface area contributed by atoms with Crippen molar-refractivity contribution >= 4 is 0 Å². The molecular formula is C15H24N2O. The van der Waals surface area contributed by atoms with Gasteiger partial charge >= 0.3 is 0 Å². The number of benzene rings is 1. The average Bonchev–Trinajstić information content (AvgIpc) is 2.49. The maximum absolute atomic E-state index is 9.60. The summed E-state index contributed by atoms with van der Waals surface area (Å²) in [7, 11) is 2.19. The minimum atomic E-state index is 0.360. The molecule has 1 heterocycles. The summed E-state index contributed by atoms with van der Waals surface area (Å²) < 4.78 is 0. The molecule has 0 bridgehead atoms. The van der Waals surface area contributed by atoms with Crippen LogP contribution in [0.5, 0.6) is 5.75 Å². The van der Waals surface area contributed by atoms with Gasteiger partial charge in [0.15, 0.2) is 0 Å². The first-order chi connectivity index (χ1) is 8.58. The van der Waals surface area contributed by atoms with E-state index in [-0.39, 0.29) is 0 Å². The molecule has 18 heavy (non-hydrogen) atoms. The third-order valence-electron chi connectivity index (χ3n) is 3.95. The van der Waals surface area contributed by atoms with Crippen LogP contribution in [0.3, 0.4) is 0 Å². The lowest BCUT2D eigenvalue weighted by atomic mass is 10.0. The number of hydrogen-bond donors (Lipinski definition) is 1. The highest BCUT2D eigenvalue weighted by molar-refractivity contribution is 5.29. The van der Waals surface area contributed by atoms with Crippen LogP contribution in [0.15, 0.2) is 24.3 Å². The van der Waals surface area contributed by atoms with E-state index in [0.717, 1.165) is 13.1 Å². The molecule has 3 nitrogen and oxygen atoms in total. The van der Waals surface area contributed by atoms with E-state index < -0.39 is 0 Å². The van der Waals surface area contributed by atoms with Crippen LogP contribution in [0.1, 0.15) is 31.9 Å². The van der Waals surface area contributed by atoms with Crippen LogP contribution < -0.4 is 0 Å². The molecule has 0 aliphatic carbocycles.